The topological polar surface area (TPSA) is 88.2 Å². The summed E-state index contributed by atoms with van der Waals surface area (Å²) in [5.74, 6) is 0.722. The van der Waals surface area contributed by atoms with Gasteiger partial charge in [0, 0.05) is 19.9 Å². The highest BCUT2D eigenvalue weighted by molar-refractivity contribution is 6.03. The molecule has 8 heteroatoms. The number of fused-ring (bicyclic) bond motifs is 2. The van der Waals surface area contributed by atoms with Crippen LogP contribution < -0.4 is 19.9 Å². The van der Waals surface area contributed by atoms with Crippen LogP contribution in [0.2, 0.25) is 0 Å². The molecule has 0 radical (unpaired) electrons. The highest BCUT2D eigenvalue weighted by atomic mass is 16.6. The van der Waals surface area contributed by atoms with E-state index in [1.165, 1.54) is 18.7 Å². The van der Waals surface area contributed by atoms with Crippen LogP contribution in [-0.4, -0.2) is 37.1 Å². The van der Waals surface area contributed by atoms with Gasteiger partial charge in [0.15, 0.2) is 11.5 Å². The number of carbonyl (C=O) groups excluding carboxylic acids is 3. The number of amides is 3. The molecule has 0 spiro atoms. The first-order valence-corrected chi connectivity index (χ1v) is 8.88. The SMILES string of the molecule is CC(=O)NC[C@H]1CN(c2ccc3c(c2)Oc2ccccc2N3C(C)=O)C(=O)O1. The van der Waals surface area contributed by atoms with E-state index in [9.17, 15) is 14.4 Å². The van der Waals surface area contributed by atoms with Gasteiger partial charge in [-0.2, -0.15) is 0 Å². The molecule has 4 rings (SSSR count). The molecule has 0 saturated carbocycles. The van der Waals surface area contributed by atoms with E-state index in [0.29, 0.717) is 35.1 Å². The fraction of sp³-hybridized carbons (Fsp3) is 0.250. The summed E-state index contributed by atoms with van der Waals surface area (Å²) in [5.41, 5.74) is 1.88. The number of nitrogens with zero attached hydrogens (tertiary/aromatic N) is 2. The molecular formula is C20H19N3O5. The molecule has 2 aromatic carbocycles. The summed E-state index contributed by atoms with van der Waals surface area (Å²) in [7, 11) is 0. The number of para-hydroxylation sites is 2. The van der Waals surface area contributed by atoms with Gasteiger partial charge < -0.3 is 14.8 Å². The van der Waals surface area contributed by atoms with E-state index >= 15 is 0 Å². The number of nitrogens with one attached hydrogen (secondary N) is 1. The van der Waals surface area contributed by atoms with Gasteiger partial charge in [-0.05, 0) is 24.3 Å². The van der Waals surface area contributed by atoms with Crippen molar-refractivity contribution in [2.75, 3.05) is 22.9 Å². The minimum absolute atomic E-state index is 0.138. The van der Waals surface area contributed by atoms with E-state index in [1.807, 2.05) is 18.2 Å². The lowest BCUT2D eigenvalue weighted by atomic mass is 10.1. The molecule has 1 fully saturated rings. The molecule has 0 unspecified atom stereocenters. The van der Waals surface area contributed by atoms with E-state index in [4.69, 9.17) is 9.47 Å². The van der Waals surface area contributed by atoms with Gasteiger partial charge in [-0.1, -0.05) is 12.1 Å². The fourth-order valence-corrected chi connectivity index (χ4v) is 3.35. The number of hydrogen-bond donors (Lipinski definition) is 1. The maximum absolute atomic E-state index is 12.3. The summed E-state index contributed by atoms with van der Waals surface area (Å²) in [6.45, 7) is 3.47. The van der Waals surface area contributed by atoms with Crippen molar-refractivity contribution in [3.05, 3.63) is 42.5 Å². The van der Waals surface area contributed by atoms with Crippen molar-refractivity contribution in [3.63, 3.8) is 0 Å². The van der Waals surface area contributed by atoms with Crippen molar-refractivity contribution in [3.8, 4) is 11.5 Å². The van der Waals surface area contributed by atoms with Gasteiger partial charge in [0.05, 0.1) is 30.2 Å². The summed E-state index contributed by atoms with van der Waals surface area (Å²) in [6.07, 6.45) is -0.919. The Morgan fingerprint density at radius 1 is 1.11 bits per heavy atom. The zero-order chi connectivity index (χ0) is 19.8. The smallest absolute Gasteiger partial charge is 0.414 e. The van der Waals surface area contributed by atoms with E-state index < -0.39 is 12.2 Å². The number of benzene rings is 2. The van der Waals surface area contributed by atoms with Crippen molar-refractivity contribution in [1.82, 2.24) is 5.32 Å². The Hall–Kier alpha value is -3.55. The molecule has 2 aliphatic rings. The molecular weight excluding hydrogens is 362 g/mol. The largest absolute Gasteiger partial charge is 0.453 e. The van der Waals surface area contributed by atoms with Crippen molar-refractivity contribution in [2.24, 2.45) is 0 Å². The van der Waals surface area contributed by atoms with Crippen LogP contribution in [0.3, 0.4) is 0 Å². The maximum atomic E-state index is 12.3. The number of anilines is 3. The van der Waals surface area contributed by atoms with Gasteiger partial charge >= 0.3 is 6.09 Å². The Morgan fingerprint density at radius 3 is 2.61 bits per heavy atom. The second-order valence-electron chi connectivity index (χ2n) is 6.63. The van der Waals surface area contributed by atoms with Crippen molar-refractivity contribution < 1.29 is 23.9 Å². The summed E-state index contributed by atoms with van der Waals surface area (Å²) >= 11 is 0. The molecule has 1 atom stereocenters. The molecule has 1 N–H and O–H groups in total. The fourth-order valence-electron chi connectivity index (χ4n) is 3.35. The summed E-state index contributed by atoms with van der Waals surface area (Å²) in [6, 6.07) is 12.5. The Kier molecular flexibility index (Phi) is 4.38. The van der Waals surface area contributed by atoms with Crippen LogP contribution in [-0.2, 0) is 14.3 Å². The van der Waals surface area contributed by atoms with E-state index in [0.717, 1.165) is 0 Å². The number of rotatable bonds is 3. The molecule has 2 aliphatic heterocycles. The van der Waals surface area contributed by atoms with Crippen LogP contribution in [0.25, 0.3) is 0 Å². The molecule has 2 heterocycles. The number of cyclic esters (lactones) is 1. The Labute approximate surface area is 161 Å². The second kappa shape index (κ2) is 6.88. The Morgan fingerprint density at radius 2 is 1.86 bits per heavy atom. The first-order chi connectivity index (χ1) is 13.4. The first kappa shape index (κ1) is 17.8. The van der Waals surface area contributed by atoms with Crippen LogP contribution in [0.4, 0.5) is 21.9 Å². The molecule has 0 aliphatic carbocycles. The summed E-state index contributed by atoms with van der Waals surface area (Å²) in [5, 5.41) is 2.65. The average Bonchev–Trinajstić information content (AvgIpc) is 3.04. The zero-order valence-electron chi connectivity index (χ0n) is 15.5. The van der Waals surface area contributed by atoms with E-state index in [2.05, 4.69) is 5.32 Å². The standard InChI is InChI=1S/C20H19N3O5/c1-12(24)21-10-15-11-22(20(26)27-15)14-7-8-17-19(9-14)28-18-6-4-3-5-16(18)23(17)13(2)25/h3-9,15H,10-11H2,1-2H3,(H,21,24)/t15-/m0/s1. The lowest BCUT2D eigenvalue weighted by Crippen LogP contribution is -2.33. The lowest BCUT2D eigenvalue weighted by Gasteiger charge is -2.31. The first-order valence-electron chi connectivity index (χ1n) is 8.88. The molecule has 0 aromatic heterocycles. The van der Waals surface area contributed by atoms with Gasteiger partial charge in [-0.15, -0.1) is 0 Å². The molecule has 2 aromatic rings. The van der Waals surface area contributed by atoms with Crippen LogP contribution in [0.5, 0.6) is 11.5 Å². The van der Waals surface area contributed by atoms with E-state index in [-0.39, 0.29) is 18.4 Å². The average molecular weight is 381 g/mol. The minimum Gasteiger partial charge on any atom is -0.453 e. The van der Waals surface area contributed by atoms with Crippen molar-refractivity contribution >= 4 is 35.0 Å². The minimum atomic E-state index is -0.491. The number of carbonyl (C=O) groups is 3. The molecule has 1 saturated heterocycles. The van der Waals surface area contributed by atoms with Gasteiger partial charge in [0.1, 0.15) is 6.10 Å². The van der Waals surface area contributed by atoms with Crippen LogP contribution >= 0.6 is 0 Å². The van der Waals surface area contributed by atoms with Gasteiger partial charge in [-0.3, -0.25) is 19.4 Å². The zero-order valence-corrected chi connectivity index (χ0v) is 15.5. The van der Waals surface area contributed by atoms with Crippen LogP contribution in [0, 0.1) is 0 Å². The predicted molar refractivity (Wildman–Crippen MR) is 102 cm³/mol. The van der Waals surface area contributed by atoms with Gasteiger partial charge in [0.2, 0.25) is 11.8 Å². The molecule has 3 amide bonds. The third-order valence-electron chi connectivity index (χ3n) is 4.59. The van der Waals surface area contributed by atoms with Crippen molar-refractivity contribution in [2.45, 2.75) is 20.0 Å². The monoisotopic (exact) mass is 381 g/mol. The molecule has 8 nitrogen and oxygen atoms in total. The van der Waals surface area contributed by atoms with Gasteiger partial charge in [-0.25, -0.2) is 4.79 Å². The highest BCUT2D eigenvalue weighted by Crippen LogP contribution is 2.47. The second-order valence-corrected chi connectivity index (χ2v) is 6.63. The third-order valence-corrected chi connectivity index (χ3v) is 4.59. The highest BCUT2D eigenvalue weighted by Gasteiger charge is 2.34. The summed E-state index contributed by atoms with van der Waals surface area (Å²) in [4.78, 5) is 38.6. The normalized spacial score (nSPS) is 17.4. The number of hydrogen-bond acceptors (Lipinski definition) is 5. The van der Waals surface area contributed by atoms with Crippen LogP contribution in [0.1, 0.15) is 13.8 Å². The maximum Gasteiger partial charge on any atom is 0.414 e. The lowest BCUT2D eigenvalue weighted by molar-refractivity contribution is -0.119. The predicted octanol–water partition coefficient (Wildman–Crippen LogP) is 2.94. The Bertz CT molecular complexity index is 974. The molecule has 144 valence electrons. The van der Waals surface area contributed by atoms with Crippen LogP contribution in [0.15, 0.2) is 42.5 Å². The van der Waals surface area contributed by atoms with Crippen molar-refractivity contribution in [1.29, 1.82) is 0 Å². The number of ether oxygens (including phenoxy) is 2. The van der Waals surface area contributed by atoms with Gasteiger partial charge in [0.25, 0.3) is 0 Å². The molecule has 28 heavy (non-hydrogen) atoms. The summed E-state index contributed by atoms with van der Waals surface area (Å²) < 4.78 is 11.3. The quantitative estimate of drug-likeness (QED) is 0.883. The molecule has 0 bridgehead atoms. The third kappa shape index (κ3) is 3.13. The van der Waals surface area contributed by atoms with E-state index in [1.54, 1.807) is 29.2 Å². The Balaban J connectivity index is 1.62.